The van der Waals surface area contributed by atoms with Crippen LogP contribution in [0, 0.1) is 6.92 Å². The number of thiazole rings is 1. The molecule has 2 N–H and O–H groups in total. The monoisotopic (exact) mass is 495 g/mol. The molecule has 0 aliphatic rings. The zero-order chi connectivity index (χ0) is 18.7. The number of nitrogens with one attached hydrogen (secondary N) is 2. The molecule has 1 atom stereocenters. The summed E-state index contributed by atoms with van der Waals surface area (Å²) in [5, 5.41) is 8.12. The quantitative estimate of drug-likeness (QED) is 0.278. The van der Waals surface area contributed by atoms with E-state index in [1.54, 1.807) is 0 Å². The van der Waals surface area contributed by atoms with Crippen LogP contribution in [0.1, 0.15) is 56.1 Å². The summed E-state index contributed by atoms with van der Waals surface area (Å²) in [5.74, 6) is 0.888. The molecule has 1 aromatic heterocycles. The van der Waals surface area contributed by atoms with Crippen LogP contribution < -0.4 is 10.6 Å². The minimum atomic E-state index is 0. The summed E-state index contributed by atoms with van der Waals surface area (Å²) in [6.07, 6.45) is 4.33. The lowest BCUT2D eigenvalue weighted by molar-refractivity contribution is 0.292. The minimum Gasteiger partial charge on any atom is -0.356 e. The zero-order valence-electron chi connectivity index (χ0n) is 17.4. The second kappa shape index (κ2) is 14.6. The Balaban J connectivity index is 0.00000625. The summed E-state index contributed by atoms with van der Waals surface area (Å²) >= 11 is 1.81. The van der Waals surface area contributed by atoms with E-state index in [0.717, 1.165) is 44.9 Å². The summed E-state index contributed by atoms with van der Waals surface area (Å²) in [5.41, 5.74) is 1.24. The maximum Gasteiger partial charge on any atom is 0.191 e. The Kier molecular flexibility index (Phi) is 14.4. The predicted molar refractivity (Wildman–Crippen MR) is 126 cm³/mol. The molecule has 0 bridgehead atoms. The third-order valence-electron chi connectivity index (χ3n) is 4.52. The van der Waals surface area contributed by atoms with E-state index in [9.17, 15) is 0 Å². The maximum absolute atomic E-state index is 4.70. The van der Waals surface area contributed by atoms with E-state index in [-0.39, 0.29) is 24.0 Å². The average molecular weight is 496 g/mol. The molecular weight excluding hydrogens is 457 g/mol. The van der Waals surface area contributed by atoms with E-state index in [4.69, 9.17) is 4.98 Å². The Labute approximate surface area is 181 Å². The van der Waals surface area contributed by atoms with Gasteiger partial charge in [0.05, 0.1) is 10.7 Å². The number of hydrogen-bond acceptors (Lipinski definition) is 4. The molecule has 1 aromatic rings. The SMILES string of the molecule is CCc1nc(CCNC(=NC)NC(C)CCCN(CC)CC)sc1C.I. The van der Waals surface area contributed by atoms with Gasteiger partial charge in [0.2, 0.25) is 0 Å². The van der Waals surface area contributed by atoms with E-state index in [2.05, 4.69) is 55.1 Å². The molecule has 0 saturated heterocycles. The van der Waals surface area contributed by atoms with Crippen molar-refractivity contribution in [1.82, 2.24) is 20.5 Å². The van der Waals surface area contributed by atoms with Gasteiger partial charge in [0, 0.05) is 30.9 Å². The molecule has 152 valence electrons. The van der Waals surface area contributed by atoms with Gasteiger partial charge in [-0.2, -0.15) is 0 Å². The van der Waals surface area contributed by atoms with Crippen LogP contribution in [0.2, 0.25) is 0 Å². The smallest absolute Gasteiger partial charge is 0.191 e. The van der Waals surface area contributed by atoms with Gasteiger partial charge >= 0.3 is 0 Å². The van der Waals surface area contributed by atoms with Crippen LogP contribution in [0.5, 0.6) is 0 Å². The van der Waals surface area contributed by atoms with Gasteiger partial charge in [-0.25, -0.2) is 4.98 Å². The first-order chi connectivity index (χ1) is 12.0. The first-order valence-corrected chi connectivity index (χ1v) is 10.5. The normalized spacial score (nSPS) is 12.8. The first-order valence-electron chi connectivity index (χ1n) is 9.68. The van der Waals surface area contributed by atoms with Crippen molar-refractivity contribution in [3.05, 3.63) is 15.6 Å². The molecule has 26 heavy (non-hydrogen) atoms. The summed E-state index contributed by atoms with van der Waals surface area (Å²) < 4.78 is 0. The van der Waals surface area contributed by atoms with E-state index < -0.39 is 0 Å². The fourth-order valence-electron chi connectivity index (χ4n) is 2.87. The number of rotatable bonds is 11. The fraction of sp³-hybridized carbons (Fsp3) is 0.789. The zero-order valence-corrected chi connectivity index (χ0v) is 20.5. The van der Waals surface area contributed by atoms with Crippen molar-refractivity contribution in [2.45, 2.75) is 66.3 Å². The molecule has 5 nitrogen and oxygen atoms in total. The molecule has 0 aliphatic carbocycles. The second-order valence-corrected chi connectivity index (χ2v) is 7.72. The molecule has 0 aromatic carbocycles. The van der Waals surface area contributed by atoms with Gasteiger partial charge in [0.15, 0.2) is 5.96 Å². The van der Waals surface area contributed by atoms with Crippen LogP contribution in [0.25, 0.3) is 0 Å². The van der Waals surface area contributed by atoms with Crippen LogP contribution in [-0.2, 0) is 12.8 Å². The lowest BCUT2D eigenvalue weighted by Gasteiger charge is -2.21. The average Bonchev–Trinajstić information content (AvgIpc) is 2.97. The molecule has 0 saturated carbocycles. The van der Waals surface area contributed by atoms with E-state index in [1.807, 2.05) is 18.4 Å². The highest BCUT2D eigenvalue weighted by Crippen LogP contribution is 2.17. The molecule has 0 amide bonds. The molecule has 1 rings (SSSR count). The number of guanidine groups is 1. The molecule has 0 fully saturated rings. The van der Waals surface area contributed by atoms with E-state index in [0.29, 0.717) is 6.04 Å². The van der Waals surface area contributed by atoms with Crippen molar-refractivity contribution >= 4 is 41.3 Å². The molecule has 0 spiro atoms. The van der Waals surface area contributed by atoms with Gasteiger partial charge in [-0.15, -0.1) is 35.3 Å². The molecule has 0 aliphatic heterocycles. The van der Waals surface area contributed by atoms with Crippen molar-refractivity contribution in [3.63, 3.8) is 0 Å². The van der Waals surface area contributed by atoms with Crippen LogP contribution in [-0.4, -0.2) is 55.1 Å². The summed E-state index contributed by atoms with van der Waals surface area (Å²) in [6, 6.07) is 0.426. The van der Waals surface area contributed by atoms with Crippen molar-refractivity contribution in [1.29, 1.82) is 0 Å². The van der Waals surface area contributed by atoms with Crippen LogP contribution in [0.3, 0.4) is 0 Å². The highest BCUT2D eigenvalue weighted by Gasteiger charge is 2.08. The minimum absolute atomic E-state index is 0. The largest absolute Gasteiger partial charge is 0.356 e. The van der Waals surface area contributed by atoms with Gasteiger partial charge in [0.1, 0.15) is 0 Å². The molecule has 1 heterocycles. The van der Waals surface area contributed by atoms with Gasteiger partial charge in [-0.1, -0.05) is 20.8 Å². The summed E-state index contributed by atoms with van der Waals surface area (Å²) in [4.78, 5) is 12.9. The topological polar surface area (TPSA) is 52.6 Å². The van der Waals surface area contributed by atoms with Gasteiger partial charge in [-0.05, 0) is 52.7 Å². The number of halogens is 1. The summed E-state index contributed by atoms with van der Waals surface area (Å²) in [7, 11) is 1.83. The van der Waals surface area contributed by atoms with Gasteiger partial charge in [0.25, 0.3) is 0 Å². The van der Waals surface area contributed by atoms with Crippen LogP contribution >= 0.6 is 35.3 Å². The Hall–Kier alpha value is -0.410. The number of aryl methyl sites for hydroxylation is 2. The number of aliphatic imine (C=N–C) groups is 1. The van der Waals surface area contributed by atoms with Crippen LogP contribution in [0.4, 0.5) is 0 Å². The molecule has 0 radical (unpaired) electrons. The standard InChI is InChI=1S/C19H37N5S.HI/c1-7-17-16(5)25-18(23-17)12-13-21-19(20-6)22-15(4)11-10-14-24(8-2)9-3;/h15H,7-14H2,1-6H3,(H2,20,21,22);1H. The highest BCUT2D eigenvalue weighted by molar-refractivity contribution is 14.0. The van der Waals surface area contributed by atoms with Crippen molar-refractivity contribution in [3.8, 4) is 0 Å². The molecular formula is C19H38IN5S. The fourth-order valence-corrected chi connectivity index (χ4v) is 3.89. The maximum atomic E-state index is 4.70. The van der Waals surface area contributed by atoms with Gasteiger partial charge < -0.3 is 15.5 Å². The Morgan fingerprint density at radius 1 is 1.27 bits per heavy atom. The summed E-state index contributed by atoms with van der Waals surface area (Å²) in [6.45, 7) is 15.3. The van der Waals surface area contributed by atoms with Crippen LogP contribution in [0.15, 0.2) is 4.99 Å². The lowest BCUT2D eigenvalue weighted by atomic mass is 10.2. The van der Waals surface area contributed by atoms with Crippen molar-refractivity contribution in [2.24, 2.45) is 4.99 Å². The molecule has 7 heteroatoms. The van der Waals surface area contributed by atoms with E-state index in [1.165, 1.54) is 28.5 Å². The van der Waals surface area contributed by atoms with Gasteiger partial charge in [-0.3, -0.25) is 4.99 Å². The predicted octanol–water partition coefficient (Wildman–Crippen LogP) is 3.85. The second-order valence-electron chi connectivity index (χ2n) is 6.43. The third kappa shape index (κ3) is 9.50. The third-order valence-corrected chi connectivity index (χ3v) is 5.59. The number of aromatic nitrogens is 1. The van der Waals surface area contributed by atoms with Crippen molar-refractivity contribution in [2.75, 3.05) is 33.2 Å². The number of hydrogen-bond donors (Lipinski definition) is 2. The first kappa shape index (κ1) is 25.6. The highest BCUT2D eigenvalue weighted by atomic mass is 127. The Bertz CT molecular complexity index is 514. The number of nitrogens with zero attached hydrogens (tertiary/aromatic N) is 3. The lowest BCUT2D eigenvalue weighted by Crippen LogP contribution is -2.43. The van der Waals surface area contributed by atoms with Crippen molar-refractivity contribution < 1.29 is 0 Å². The Morgan fingerprint density at radius 2 is 1.96 bits per heavy atom. The van der Waals surface area contributed by atoms with E-state index >= 15 is 0 Å². The Morgan fingerprint density at radius 3 is 2.50 bits per heavy atom. The molecule has 1 unspecified atom stereocenters.